The Labute approximate surface area is 135 Å². The summed E-state index contributed by atoms with van der Waals surface area (Å²) in [7, 11) is 1.61. The molecule has 0 aliphatic heterocycles. The lowest BCUT2D eigenvalue weighted by atomic mass is 10.2. The van der Waals surface area contributed by atoms with Gasteiger partial charge in [0.2, 0.25) is 5.91 Å². The molecular weight excluding hydrogens is 302 g/mol. The van der Waals surface area contributed by atoms with Gasteiger partial charge in [0.05, 0.1) is 20.1 Å². The average molecular weight is 320 g/mol. The summed E-state index contributed by atoms with van der Waals surface area (Å²) >= 11 is 6.02. The highest BCUT2D eigenvalue weighted by atomic mass is 35.5. The van der Waals surface area contributed by atoms with Gasteiger partial charge in [-0.1, -0.05) is 17.7 Å². The first-order valence-electron chi connectivity index (χ1n) is 6.92. The highest BCUT2D eigenvalue weighted by Gasteiger charge is 2.07. The minimum absolute atomic E-state index is 0.112. The van der Waals surface area contributed by atoms with Crippen LogP contribution < -0.4 is 14.8 Å². The fourth-order valence-electron chi connectivity index (χ4n) is 1.89. The predicted octanol–water partition coefficient (Wildman–Crippen LogP) is 4.06. The Morgan fingerprint density at radius 3 is 2.50 bits per heavy atom. The first kappa shape index (κ1) is 16.2. The van der Waals surface area contributed by atoms with Crippen LogP contribution in [0.25, 0.3) is 0 Å². The zero-order chi connectivity index (χ0) is 15.9. The number of carbonyl (C=O) groups excluding carboxylic acids is 1. The second-order valence-electron chi connectivity index (χ2n) is 4.73. The van der Waals surface area contributed by atoms with Gasteiger partial charge in [-0.25, -0.2) is 0 Å². The number of hydrogen-bond acceptors (Lipinski definition) is 3. The Hall–Kier alpha value is -2.20. The molecule has 4 nitrogen and oxygen atoms in total. The van der Waals surface area contributed by atoms with E-state index in [1.165, 1.54) is 0 Å². The third-order valence-corrected chi connectivity index (χ3v) is 3.61. The van der Waals surface area contributed by atoms with Gasteiger partial charge in [-0.15, -0.1) is 0 Å². The van der Waals surface area contributed by atoms with Crippen molar-refractivity contribution in [2.45, 2.75) is 13.3 Å². The zero-order valence-corrected chi connectivity index (χ0v) is 13.3. The minimum Gasteiger partial charge on any atom is -0.497 e. The summed E-state index contributed by atoms with van der Waals surface area (Å²) in [4.78, 5) is 11.9. The van der Waals surface area contributed by atoms with Crippen LogP contribution in [0, 0.1) is 6.92 Å². The van der Waals surface area contributed by atoms with E-state index < -0.39 is 0 Å². The standard InChI is InChI=1S/C17H18ClNO3/c1-12-15(18)4-3-5-16(12)19-17(20)10-11-22-14-8-6-13(21-2)7-9-14/h3-9H,10-11H2,1-2H3,(H,19,20). The van der Waals surface area contributed by atoms with Crippen LogP contribution in [0.3, 0.4) is 0 Å². The summed E-state index contributed by atoms with van der Waals surface area (Å²) < 4.78 is 10.6. The molecule has 0 aliphatic rings. The molecule has 0 radical (unpaired) electrons. The summed E-state index contributed by atoms with van der Waals surface area (Å²) in [6.07, 6.45) is 0.262. The molecule has 0 spiro atoms. The number of methoxy groups -OCH3 is 1. The Balaban J connectivity index is 1.81. The molecule has 0 saturated heterocycles. The summed E-state index contributed by atoms with van der Waals surface area (Å²) in [5.74, 6) is 1.35. The molecule has 0 aliphatic carbocycles. The van der Waals surface area contributed by atoms with Crippen LogP contribution >= 0.6 is 11.6 Å². The molecule has 2 rings (SSSR count). The molecular formula is C17H18ClNO3. The predicted molar refractivity (Wildman–Crippen MR) is 87.9 cm³/mol. The molecule has 0 fully saturated rings. The normalized spacial score (nSPS) is 10.1. The molecule has 0 aromatic heterocycles. The number of halogens is 1. The van der Waals surface area contributed by atoms with Crippen LogP contribution in [0.5, 0.6) is 11.5 Å². The maximum absolute atomic E-state index is 11.9. The third-order valence-electron chi connectivity index (χ3n) is 3.20. The lowest BCUT2D eigenvalue weighted by molar-refractivity contribution is -0.116. The molecule has 116 valence electrons. The molecule has 2 aromatic carbocycles. The van der Waals surface area contributed by atoms with Crippen LogP contribution in [-0.4, -0.2) is 19.6 Å². The van der Waals surface area contributed by atoms with Gasteiger partial charge in [-0.2, -0.15) is 0 Å². The topological polar surface area (TPSA) is 47.6 Å². The van der Waals surface area contributed by atoms with Crippen molar-refractivity contribution in [3.63, 3.8) is 0 Å². The number of ether oxygens (including phenoxy) is 2. The van der Waals surface area contributed by atoms with Gasteiger partial charge < -0.3 is 14.8 Å². The van der Waals surface area contributed by atoms with Crippen molar-refractivity contribution in [1.82, 2.24) is 0 Å². The number of nitrogens with one attached hydrogen (secondary N) is 1. The van der Waals surface area contributed by atoms with Crippen molar-refractivity contribution < 1.29 is 14.3 Å². The summed E-state index contributed by atoms with van der Waals surface area (Å²) in [5.41, 5.74) is 1.58. The van der Waals surface area contributed by atoms with E-state index in [4.69, 9.17) is 21.1 Å². The van der Waals surface area contributed by atoms with Crippen molar-refractivity contribution in [2.24, 2.45) is 0 Å². The van der Waals surface area contributed by atoms with Crippen molar-refractivity contribution in [3.8, 4) is 11.5 Å². The van der Waals surface area contributed by atoms with E-state index in [1.807, 2.05) is 25.1 Å². The molecule has 22 heavy (non-hydrogen) atoms. The van der Waals surface area contributed by atoms with Gasteiger partial charge in [-0.05, 0) is 48.9 Å². The zero-order valence-electron chi connectivity index (χ0n) is 12.6. The van der Waals surface area contributed by atoms with Gasteiger partial charge in [0.25, 0.3) is 0 Å². The van der Waals surface area contributed by atoms with E-state index in [1.54, 1.807) is 31.4 Å². The van der Waals surface area contributed by atoms with Gasteiger partial charge in [0.1, 0.15) is 11.5 Å². The molecule has 0 heterocycles. The molecule has 0 bridgehead atoms. The van der Waals surface area contributed by atoms with Crippen molar-refractivity contribution in [3.05, 3.63) is 53.1 Å². The Morgan fingerprint density at radius 1 is 1.14 bits per heavy atom. The molecule has 0 atom stereocenters. The van der Waals surface area contributed by atoms with E-state index in [-0.39, 0.29) is 12.3 Å². The van der Waals surface area contributed by atoms with Gasteiger partial charge in [0.15, 0.2) is 0 Å². The summed E-state index contributed by atoms with van der Waals surface area (Å²) in [6.45, 7) is 2.17. The van der Waals surface area contributed by atoms with Gasteiger partial charge in [0, 0.05) is 10.7 Å². The molecule has 1 amide bonds. The fourth-order valence-corrected chi connectivity index (χ4v) is 2.06. The lowest BCUT2D eigenvalue weighted by Crippen LogP contribution is -2.15. The maximum atomic E-state index is 11.9. The quantitative estimate of drug-likeness (QED) is 0.873. The van der Waals surface area contributed by atoms with Gasteiger partial charge >= 0.3 is 0 Å². The Morgan fingerprint density at radius 2 is 1.82 bits per heavy atom. The second kappa shape index (κ2) is 7.71. The number of carbonyl (C=O) groups is 1. The molecule has 0 unspecified atom stereocenters. The van der Waals surface area contributed by atoms with Crippen LogP contribution in [0.4, 0.5) is 5.69 Å². The SMILES string of the molecule is COc1ccc(OCCC(=O)Nc2cccc(Cl)c2C)cc1. The van der Waals surface area contributed by atoms with E-state index in [2.05, 4.69) is 5.32 Å². The highest BCUT2D eigenvalue weighted by molar-refractivity contribution is 6.31. The van der Waals surface area contributed by atoms with Crippen molar-refractivity contribution in [2.75, 3.05) is 19.0 Å². The van der Waals surface area contributed by atoms with Crippen LogP contribution in [0.2, 0.25) is 5.02 Å². The Bertz CT molecular complexity index is 641. The highest BCUT2D eigenvalue weighted by Crippen LogP contribution is 2.23. The first-order chi connectivity index (χ1) is 10.6. The Kier molecular flexibility index (Phi) is 5.67. The van der Waals surface area contributed by atoms with Crippen molar-refractivity contribution in [1.29, 1.82) is 0 Å². The number of anilines is 1. The second-order valence-corrected chi connectivity index (χ2v) is 5.14. The lowest BCUT2D eigenvalue weighted by Gasteiger charge is -2.10. The van der Waals surface area contributed by atoms with Crippen LogP contribution in [-0.2, 0) is 4.79 Å². The van der Waals surface area contributed by atoms with Gasteiger partial charge in [-0.3, -0.25) is 4.79 Å². The van der Waals surface area contributed by atoms with E-state index in [0.717, 1.165) is 17.0 Å². The van der Waals surface area contributed by atoms with Crippen LogP contribution in [0.15, 0.2) is 42.5 Å². The summed E-state index contributed by atoms with van der Waals surface area (Å²) in [6, 6.07) is 12.6. The smallest absolute Gasteiger partial charge is 0.227 e. The van der Waals surface area contributed by atoms with Crippen molar-refractivity contribution >= 4 is 23.2 Å². The number of hydrogen-bond donors (Lipinski definition) is 1. The van der Waals surface area contributed by atoms with Crippen LogP contribution in [0.1, 0.15) is 12.0 Å². The summed E-state index contributed by atoms with van der Waals surface area (Å²) in [5, 5.41) is 3.46. The molecule has 1 N–H and O–H groups in total. The number of benzene rings is 2. The first-order valence-corrected chi connectivity index (χ1v) is 7.30. The maximum Gasteiger partial charge on any atom is 0.227 e. The molecule has 5 heteroatoms. The third kappa shape index (κ3) is 4.40. The molecule has 0 saturated carbocycles. The number of rotatable bonds is 6. The molecule has 2 aromatic rings. The minimum atomic E-state index is -0.112. The fraction of sp³-hybridized carbons (Fsp3) is 0.235. The van der Waals surface area contributed by atoms with E-state index >= 15 is 0 Å². The van der Waals surface area contributed by atoms with E-state index in [0.29, 0.717) is 17.4 Å². The number of amides is 1. The van der Waals surface area contributed by atoms with E-state index in [9.17, 15) is 4.79 Å². The largest absolute Gasteiger partial charge is 0.497 e. The monoisotopic (exact) mass is 319 g/mol. The average Bonchev–Trinajstić information content (AvgIpc) is 2.52.